The largest absolute Gasteiger partial charge is 0.658 e. The predicted molar refractivity (Wildman–Crippen MR) is 103 cm³/mol. The van der Waals surface area contributed by atoms with E-state index in [4.69, 9.17) is 5.73 Å². The molecule has 6 bridgehead atoms. The van der Waals surface area contributed by atoms with Crippen molar-refractivity contribution in [3.63, 3.8) is 0 Å². The maximum Gasteiger partial charge on any atom is 0.0655 e. The summed E-state index contributed by atoms with van der Waals surface area (Å²) in [5.41, 5.74) is 10.8. The van der Waals surface area contributed by atoms with E-state index in [1.807, 2.05) is 25.1 Å². The summed E-state index contributed by atoms with van der Waals surface area (Å²) >= 11 is 0. The van der Waals surface area contributed by atoms with Gasteiger partial charge in [0.05, 0.1) is 6.04 Å². The summed E-state index contributed by atoms with van der Waals surface area (Å²) in [5.74, 6) is 0. The Morgan fingerprint density at radius 3 is 2.85 bits per heavy atom. The van der Waals surface area contributed by atoms with Crippen LogP contribution in [0.3, 0.4) is 0 Å². The molecular formula is C21H21N4Zn-. The summed E-state index contributed by atoms with van der Waals surface area (Å²) in [5, 5.41) is 5.69. The number of allylic oxidation sites excluding steroid dienone is 4. The number of H-pyrrole nitrogens is 1. The first-order valence-electron chi connectivity index (χ1n) is 8.48. The Morgan fingerprint density at radius 2 is 1.96 bits per heavy atom. The molecule has 0 saturated carbocycles. The minimum atomic E-state index is 0. The molecule has 5 heteroatoms. The molecular weight excluding hydrogens is 374 g/mol. The van der Waals surface area contributed by atoms with E-state index in [1.165, 1.54) is 0 Å². The first-order valence-corrected chi connectivity index (χ1v) is 8.48. The van der Waals surface area contributed by atoms with Crippen molar-refractivity contribution < 1.29 is 19.5 Å². The smallest absolute Gasteiger partial charge is 0.0655 e. The molecule has 128 valence electrons. The van der Waals surface area contributed by atoms with Crippen LogP contribution in [-0.4, -0.2) is 11.0 Å². The van der Waals surface area contributed by atoms with Crippen molar-refractivity contribution in [3.8, 4) is 0 Å². The predicted octanol–water partition coefficient (Wildman–Crippen LogP) is 1.75. The minimum absolute atomic E-state index is 0. The van der Waals surface area contributed by atoms with Crippen LogP contribution < -0.4 is 26.7 Å². The second-order valence-corrected chi connectivity index (χ2v) is 6.34. The number of nitrogens with zero attached hydrogens (tertiary/aromatic N) is 1. The van der Waals surface area contributed by atoms with Gasteiger partial charge in [-0.25, -0.2) is 0 Å². The number of aromatic amines is 1. The van der Waals surface area contributed by atoms with Crippen molar-refractivity contribution in [2.24, 2.45) is 5.73 Å². The molecule has 0 aliphatic carbocycles. The third-order valence-corrected chi connectivity index (χ3v) is 4.46. The Bertz CT molecular complexity index is 1030. The molecule has 4 nitrogen and oxygen atoms in total. The zero-order chi connectivity index (χ0) is 17.2. The van der Waals surface area contributed by atoms with E-state index in [0.717, 1.165) is 45.5 Å². The number of nitrogens with two attached hydrogens (primary N) is 1. The quantitative estimate of drug-likeness (QED) is 0.596. The van der Waals surface area contributed by atoms with Crippen LogP contribution in [0.4, 0.5) is 0 Å². The number of hydrogen-bond acceptors (Lipinski definition) is 2. The number of nitrogens with one attached hydrogen (secondary N) is 2. The molecule has 0 fully saturated rings. The molecule has 2 aromatic rings. The van der Waals surface area contributed by atoms with Crippen molar-refractivity contribution in [2.45, 2.75) is 19.4 Å². The normalized spacial score (nSPS) is 27.6. The van der Waals surface area contributed by atoms with E-state index in [9.17, 15) is 0 Å². The number of aromatic nitrogens is 2. The van der Waals surface area contributed by atoms with E-state index < -0.39 is 0 Å². The number of rotatable bonds is 0. The van der Waals surface area contributed by atoms with Gasteiger partial charge in [-0.05, 0) is 49.3 Å². The fourth-order valence-corrected chi connectivity index (χ4v) is 3.01. The van der Waals surface area contributed by atoms with Crippen LogP contribution >= 0.6 is 0 Å². The number of hydrogen-bond donors (Lipinski definition) is 3. The molecule has 4 heterocycles. The SMILES string of the molecule is C/C1=C(N)\C=C/C/C=c2/cc/c([nH]2)=C/C2C=C/C(=C/c3ccc1[n-]3)N2.[Zn]. The molecule has 0 saturated heterocycles. The van der Waals surface area contributed by atoms with E-state index in [1.54, 1.807) is 0 Å². The molecule has 4 N–H and O–H groups in total. The Morgan fingerprint density at radius 1 is 1.12 bits per heavy atom. The van der Waals surface area contributed by atoms with Gasteiger partial charge < -0.3 is 21.0 Å². The minimum Gasteiger partial charge on any atom is -0.658 e. The van der Waals surface area contributed by atoms with Crippen molar-refractivity contribution in [1.29, 1.82) is 0 Å². The Kier molecular flexibility index (Phi) is 5.48. The van der Waals surface area contributed by atoms with Crippen molar-refractivity contribution in [3.05, 3.63) is 82.0 Å². The molecule has 0 radical (unpaired) electrons. The fourth-order valence-electron chi connectivity index (χ4n) is 3.01. The van der Waals surface area contributed by atoms with Gasteiger partial charge >= 0.3 is 0 Å². The Hall–Kier alpha value is -2.52. The summed E-state index contributed by atoms with van der Waals surface area (Å²) in [6.45, 7) is 2.01. The monoisotopic (exact) mass is 393 g/mol. The summed E-state index contributed by atoms with van der Waals surface area (Å²) in [6.07, 6.45) is 15.5. The van der Waals surface area contributed by atoms with Crippen LogP contribution in [0.5, 0.6) is 0 Å². The molecule has 2 aliphatic rings. The first kappa shape index (κ1) is 18.3. The second kappa shape index (κ2) is 7.80. The third kappa shape index (κ3) is 4.00. The van der Waals surface area contributed by atoms with Gasteiger partial charge in [-0.15, -0.1) is 11.4 Å². The second-order valence-electron chi connectivity index (χ2n) is 6.34. The van der Waals surface area contributed by atoms with E-state index in [0.29, 0.717) is 0 Å². The van der Waals surface area contributed by atoms with E-state index >= 15 is 0 Å². The molecule has 2 aliphatic heterocycles. The van der Waals surface area contributed by atoms with Gasteiger partial charge in [0.25, 0.3) is 0 Å². The van der Waals surface area contributed by atoms with Gasteiger partial charge in [0.1, 0.15) is 0 Å². The average molecular weight is 395 g/mol. The zero-order valence-corrected chi connectivity index (χ0v) is 17.8. The van der Waals surface area contributed by atoms with Gasteiger partial charge in [-0.3, -0.25) is 0 Å². The molecule has 4 rings (SSSR count). The summed E-state index contributed by atoms with van der Waals surface area (Å²) in [4.78, 5) is 8.09. The van der Waals surface area contributed by atoms with Crippen LogP contribution in [-0.2, 0) is 19.5 Å². The van der Waals surface area contributed by atoms with Gasteiger partial charge in [0.2, 0.25) is 0 Å². The topological polar surface area (TPSA) is 67.9 Å². The van der Waals surface area contributed by atoms with Gasteiger partial charge in [-0.2, -0.15) is 0 Å². The standard InChI is InChI=1S/C21H21N4.Zn/c1-14-20(22)5-3-2-4-15-6-7-16(23-15)12-17-8-9-18(24-17)13-19-10-11-21(14)25-19;/h3-13,17,23-24H,2,22H2,1H3;/q-1;/b5-3-,15-4-,16-12-,18-13-,20-14-;. The molecule has 1 unspecified atom stereocenters. The van der Waals surface area contributed by atoms with Crippen molar-refractivity contribution >= 4 is 23.8 Å². The fraction of sp³-hybridized carbons (Fsp3) is 0.143. The Balaban J connectivity index is 0.00000196. The number of fused-ring (bicyclic) bond motifs is 6. The first-order chi connectivity index (χ1) is 12.2. The molecule has 2 aromatic heterocycles. The Labute approximate surface area is 165 Å². The molecule has 1 atom stereocenters. The van der Waals surface area contributed by atoms with E-state index in [2.05, 4.69) is 63.9 Å². The zero-order valence-electron chi connectivity index (χ0n) is 14.9. The molecule has 0 amide bonds. The van der Waals surface area contributed by atoms with Crippen LogP contribution in [0, 0.1) is 0 Å². The van der Waals surface area contributed by atoms with E-state index in [-0.39, 0.29) is 25.5 Å². The summed E-state index contributed by atoms with van der Waals surface area (Å²) in [7, 11) is 0. The summed E-state index contributed by atoms with van der Waals surface area (Å²) < 4.78 is 0. The molecule has 0 aromatic carbocycles. The molecule has 0 spiro atoms. The van der Waals surface area contributed by atoms with Crippen molar-refractivity contribution in [2.75, 3.05) is 0 Å². The average Bonchev–Trinajstić information content (AvgIpc) is 3.33. The van der Waals surface area contributed by atoms with Gasteiger partial charge in [-0.1, -0.05) is 36.4 Å². The summed E-state index contributed by atoms with van der Waals surface area (Å²) in [6, 6.07) is 8.40. The third-order valence-electron chi connectivity index (χ3n) is 4.46. The van der Waals surface area contributed by atoms with Crippen LogP contribution in [0.2, 0.25) is 0 Å². The van der Waals surface area contributed by atoms with Crippen LogP contribution in [0.25, 0.3) is 23.8 Å². The van der Waals surface area contributed by atoms with Crippen LogP contribution in [0.1, 0.15) is 24.7 Å². The van der Waals surface area contributed by atoms with Gasteiger partial charge in [0, 0.05) is 41.6 Å². The maximum absolute atomic E-state index is 6.20. The maximum atomic E-state index is 6.20. The van der Waals surface area contributed by atoms with Crippen LogP contribution in [0.15, 0.2) is 60.0 Å². The van der Waals surface area contributed by atoms with Gasteiger partial charge in [0.15, 0.2) is 0 Å². The van der Waals surface area contributed by atoms with Crippen molar-refractivity contribution in [1.82, 2.24) is 15.3 Å². The molecule has 26 heavy (non-hydrogen) atoms.